The van der Waals surface area contributed by atoms with Crippen molar-refractivity contribution in [3.8, 4) is 0 Å². The van der Waals surface area contributed by atoms with Gasteiger partial charge in [-0.05, 0) is 60.3 Å². The van der Waals surface area contributed by atoms with Crippen LogP contribution < -0.4 is 10.2 Å². The molecule has 4 nitrogen and oxygen atoms in total. The molecule has 1 saturated carbocycles. The number of hydrogen-bond acceptors (Lipinski definition) is 4. The molecule has 1 aromatic rings. The second kappa shape index (κ2) is 6.30. The average molecular weight is 290 g/mol. The fourth-order valence-electron chi connectivity index (χ4n) is 2.25. The van der Waals surface area contributed by atoms with Crippen LogP contribution in [0.1, 0.15) is 58.7 Å². The van der Waals surface area contributed by atoms with Crippen LogP contribution in [0.4, 0.5) is 5.95 Å². The van der Waals surface area contributed by atoms with E-state index in [1.165, 1.54) is 18.4 Å². The largest absolute Gasteiger partial charge is 0.338 e. The first kappa shape index (κ1) is 16.2. The zero-order chi connectivity index (χ0) is 15.6. The van der Waals surface area contributed by atoms with Gasteiger partial charge in [0.05, 0.1) is 0 Å². The van der Waals surface area contributed by atoms with Gasteiger partial charge in [-0.15, -0.1) is 0 Å². The van der Waals surface area contributed by atoms with E-state index in [1.807, 2.05) is 6.20 Å². The molecule has 1 aliphatic rings. The Bertz CT molecular complexity index is 472. The number of nitrogens with one attached hydrogen (secondary N) is 1. The van der Waals surface area contributed by atoms with Crippen molar-refractivity contribution in [3.63, 3.8) is 0 Å². The van der Waals surface area contributed by atoms with Crippen molar-refractivity contribution < 1.29 is 0 Å². The van der Waals surface area contributed by atoms with Crippen molar-refractivity contribution in [2.24, 2.45) is 5.92 Å². The van der Waals surface area contributed by atoms with Crippen molar-refractivity contribution in [1.29, 1.82) is 0 Å². The Morgan fingerprint density at radius 1 is 1.33 bits per heavy atom. The fourth-order valence-corrected chi connectivity index (χ4v) is 2.25. The van der Waals surface area contributed by atoms with E-state index in [0.717, 1.165) is 30.6 Å². The summed E-state index contributed by atoms with van der Waals surface area (Å²) in [6, 6.07) is 0.448. The summed E-state index contributed by atoms with van der Waals surface area (Å²) in [6.45, 7) is 15.0. The van der Waals surface area contributed by atoms with E-state index in [1.54, 1.807) is 0 Å². The molecule has 0 bridgehead atoms. The third kappa shape index (κ3) is 4.95. The van der Waals surface area contributed by atoms with Gasteiger partial charge < -0.3 is 10.2 Å². The lowest BCUT2D eigenvalue weighted by atomic mass is 10.1. The highest BCUT2D eigenvalue weighted by Crippen LogP contribution is 2.31. The van der Waals surface area contributed by atoms with Crippen LogP contribution in [0.25, 0.3) is 0 Å². The zero-order valence-electron chi connectivity index (χ0n) is 14.4. The highest BCUT2D eigenvalue weighted by Gasteiger charge is 2.27. The van der Waals surface area contributed by atoms with E-state index in [0.29, 0.717) is 6.04 Å². The molecule has 2 rings (SSSR count). The van der Waals surface area contributed by atoms with Gasteiger partial charge >= 0.3 is 0 Å². The first-order chi connectivity index (χ1) is 9.76. The molecule has 21 heavy (non-hydrogen) atoms. The molecule has 0 spiro atoms. The lowest BCUT2D eigenvalue weighted by Crippen LogP contribution is -2.36. The standard InChI is InChI=1S/C17H30N4/c1-12(2)21(11-14-7-8-14)16-18-9-15(13(3)20-16)10-19-17(4,5)6/h9,12,14,19H,7-8,10-11H2,1-6H3. The topological polar surface area (TPSA) is 41.1 Å². The molecular weight excluding hydrogens is 260 g/mol. The van der Waals surface area contributed by atoms with Crippen molar-refractivity contribution in [2.45, 2.75) is 72.5 Å². The van der Waals surface area contributed by atoms with Crippen LogP contribution in [0.5, 0.6) is 0 Å². The first-order valence-electron chi connectivity index (χ1n) is 8.10. The number of hydrogen-bond donors (Lipinski definition) is 1. The Balaban J connectivity index is 2.09. The maximum atomic E-state index is 4.75. The highest BCUT2D eigenvalue weighted by molar-refractivity contribution is 5.34. The van der Waals surface area contributed by atoms with Crippen LogP contribution in [-0.4, -0.2) is 28.1 Å². The van der Waals surface area contributed by atoms with E-state index >= 15 is 0 Å². The maximum absolute atomic E-state index is 4.75. The summed E-state index contributed by atoms with van der Waals surface area (Å²) in [5.41, 5.74) is 2.38. The molecule has 1 aliphatic carbocycles. The summed E-state index contributed by atoms with van der Waals surface area (Å²) < 4.78 is 0. The molecular formula is C17H30N4. The van der Waals surface area contributed by atoms with Crippen LogP contribution in [0.2, 0.25) is 0 Å². The van der Waals surface area contributed by atoms with Gasteiger partial charge in [0.1, 0.15) is 0 Å². The summed E-state index contributed by atoms with van der Waals surface area (Å²) in [4.78, 5) is 11.7. The predicted octanol–water partition coefficient (Wildman–Crippen LogP) is 3.30. The monoisotopic (exact) mass is 290 g/mol. The number of aromatic nitrogens is 2. The van der Waals surface area contributed by atoms with Crippen LogP contribution in [-0.2, 0) is 6.54 Å². The minimum Gasteiger partial charge on any atom is -0.338 e. The molecule has 118 valence electrons. The Hall–Kier alpha value is -1.16. The smallest absolute Gasteiger partial charge is 0.225 e. The average Bonchev–Trinajstić information content (AvgIpc) is 3.17. The van der Waals surface area contributed by atoms with Gasteiger partial charge in [0.25, 0.3) is 0 Å². The third-order valence-electron chi connectivity index (χ3n) is 3.91. The molecule has 1 aromatic heterocycles. The molecule has 0 unspecified atom stereocenters. The Morgan fingerprint density at radius 3 is 2.48 bits per heavy atom. The molecule has 0 atom stereocenters. The molecule has 0 radical (unpaired) electrons. The summed E-state index contributed by atoms with van der Waals surface area (Å²) in [6.07, 6.45) is 4.70. The summed E-state index contributed by atoms with van der Waals surface area (Å²) >= 11 is 0. The van der Waals surface area contributed by atoms with E-state index in [4.69, 9.17) is 4.98 Å². The third-order valence-corrected chi connectivity index (χ3v) is 3.91. The molecule has 1 heterocycles. The molecule has 0 aromatic carbocycles. The van der Waals surface area contributed by atoms with Crippen molar-refractivity contribution in [3.05, 3.63) is 17.5 Å². The van der Waals surface area contributed by atoms with E-state index < -0.39 is 0 Å². The first-order valence-corrected chi connectivity index (χ1v) is 8.10. The van der Waals surface area contributed by atoms with Gasteiger partial charge in [0.15, 0.2) is 0 Å². The lowest BCUT2D eigenvalue weighted by molar-refractivity contribution is 0.423. The number of rotatable bonds is 6. The van der Waals surface area contributed by atoms with Crippen LogP contribution in [0.15, 0.2) is 6.20 Å². The van der Waals surface area contributed by atoms with Gasteiger partial charge in [-0.2, -0.15) is 0 Å². The van der Waals surface area contributed by atoms with Gasteiger partial charge in [-0.1, -0.05) is 0 Å². The number of aryl methyl sites for hydroxylation is 1. The van der Waals surface area contributed by atoms with Gasteiger partial charge in [0, 0.05) is 42.1 Å². The SMILES string of the molecule is Cc1nc(N(CC2CC2)C(C)C)ncc1CNC(C)(C)C. The summed E-state index contributed by atoms with van der Waals surface area (Å²) in [7, 11) is 0. The number of anilines is 1. The Labute approximate surface area is 129 Å². The minimum atomic E-state index is 0.112. The zero-order valence-corrected chi connectivity index (χ0v) is 14.4. The Morgan fingerprint density at radius 2 is 2.00 bits per heavy atom. The summed E-state index contributed by atoms with van der Waals surface area (Å²) in [5, 5.41) is 3.50. The van der Waals surface area contributed by atoms with E-state index in [2.05, 4.69) is 56.7 Å². The highest BCUT2D eigenvalue weighted by atomic mass is 15.3. The lowest BCUT2D eigenvalue weighted by Gasteiger charge is -2.27. The molecule has 1 fully saturated rings. The van der Waals surface area contributed by atoms with Crippen molar-refractivity contribution in [2.75, 3.05) is 11.4 Å². The molecule has 0 amide bonds. The van der Waals surface area contributed by atoms with E-state index in [-0.39, 0.29) is 5.54 Å². The number of nitrogens with zero attached hydrogens (tertiary/aromatic N) is 3. The van der Waals surface area contributed by atoms with Gasteiger partial charge in [-0.3, -0.25) is 0 Å². The van der Waals surface area contributed by atoms with E-state index in [9.17, 15) is 0 Å². The quantitative estimate of drug-likeness (QED) is 0.873. The van der Waals surface area contributed by atoms with Crippen molar-refractivity contribution >= 4 is 5.95 Å². The second-order valence-corrected chi connectivity index (χ2v) is 7.57. The van der Waals surface area contributed by atoms with Crippen LogP contribution in [0.3, 0.4) is 0 Å². The van der Waals surface area contributed by atoms with Gasteiger partial charge in [-0.25, -0.2) is 9.97 Å². The minimum absolute atomic E-state index is 0.112. The second-order valence-electron chi connectivity index (χ2n) is 7.57. The molecule has 4 heteroatoms. The molecule has 0 aliphatic heterocycles. The van der Waals surface area contributed by atoms with Crippen LogP contribution in [0, 0.1) is 12.8 Å². The van der Waals surface area contributed by atoms with Gasteiger partial charge in [0.2, 0.25) is 5.95 Å². The summed E-state index contributed by atoms with van der Waals surface area (Å²) in [5.74, 6) is 1.73. The maximum Gasteiger partial charge on any atom is 0.225 e. The van der Waals surface area contributed by atoms with Crippen LogP contribution >= 0.6 is 0 Å². The molecule has 0 saturated heterocycles. The molecule has 1 N–H and O–H groups in total. The van der Waals surface area contributed by atoms with Crippen molar-refractivity contribution in [1.82, 2.24) is 15.3 Å². The Kier molecular flexibility index (Phi) is 4.87. The fraction of sp³-hybridized carbons (Fsp3) is 0.765. The normalized spacial score (nSPS) is 15.6. The predicted molar refractivity (Wildman–Crippen MR) is 88.6 cm³/mol.